The molecule has 6 amide bonds. The van der Waals surface area contributed by atoms with E-state index in [-0.39, 0.29) is 56.2 Å². The van der Waals surface area contributed by atoms with Gasteiger partial charge in [-0.05, 0) is 49.8 Å². The number of likely N-dealkylation sites (N-methyl/N-ethyl adjacent to an activating group) is 2. The minimum absolute atomic E-state index is 0.0414. The summed E-state index contributed by atoms with van der Waals surface area (Å²) in [7, 11) is 3.27. The fourth-order valence-corrected chi connectivity index (χ4v) is 7.76. The van der Waals surface area contributed by atoms with Crippen molar-refractivity contribution in [3.8, 4) is 0 Å². The first-order chi connectivity index (χ1) is 29.8. The Labute approximate surface area is 374 Å². The van der Waals surface area contributed by atoms with E-state index >= 15 is 0 Å². The number of nitrogens with one attached hydrogen (secondary N) is 5. The monoisotopic (exact) mass is 891 g/mol. The molecule has 2 heterocycles. The number of aliphatic carboxylic acids is 2. The van der Waals surface area contributed by atoms with Gasteiger partial charge in [0.25, 0.3) is 11.8 Å². The standard InChI is InChI=1S/C46H65N7O11/c1-26(2)34(52(10)42(60)39(45(4,5)6)51-41(59)38(47-9)46(7,8)31-25-49-32-14-12-11-13-30(31)32)23-27(3)40(58)50-33(44(63)64)17-16-29(54)24-28(43(61)62)15-18-35(55)48-21-22-53-36(56)19-20-37(53)57/h11-14,19-20,23,25-26,28,33-34,38-39,47,49H,15-18,21-22,24H2,1-10H3,(H,48,55)(H,50,58)(H,51,59)(H,61,62)(H,63,64)/b27-23+/t28-,33+,34+,38+,39+/m0/s1. The molecule has 7 N–H and O–H groups in total. The van der Waals surface area contributed by atoms with Gasteiger partial charge in [-0.2, -0.15) is 0 Å². The predicted molar refractivity (Wildman–Crippen MR) is 238 cm³/mol. The van der Waals surface area contributed by atoms with E-state index in [0.717, 1.165) is 33.5 Å². The van der Waals surface area contributed by atoms with Gasteiger partial charge >= 0.3 is 11.9 Å². The molecule has 0 unspecified atom stereocenters. The Morgan fingerprint density at radius 2 is 1.50 bits per heavy atom. The maximum absolute atomic E-state index is 14.4. The van der Waals surface area contributed by atoms with Crippen LogP contribution in [0.1, 0.15) is 93.1 Å². The number of carbonyl (C=O) groups excluding carboxylic acids is 7. The molecule has 350 valence electrons. The first-order valence-electron chi connectivity index (χ1n) is 21.4. The van der Waals surface area contributed by atoms with Crippen LogP contribution in [0.5, 0.6) is 0 Å². The number of aromatic amines is 1. The number of carboxylic acids is 2. The Bertz CT molecular complexity index is 2130. The lowest BCUT2D eigenvalue weighted by atomic mass is 9.76. The zero-order chi connectivity index (χ0) is 48.3. The lowest BCUT2D eigenvalue weighted by Crippen LogP contribution is -2.61. The van der Waals surface area contributed by atoms with Gasteiger partial charge in [0.1, 0.15) is 17.9 Å². The number of imide groups is 1. The second kappa shape index (κ2) is 22.4. The van der Waals surface area contributed by atoms with E-state index in [1.54, 1.807) is 20.2 Å². The van der Waals surface area contributed by atoms with Gasteiger partial charge in [0, 0.05) is 79.6 Å². The normalized spacial score (nSPS) is 15.7. The molecule has 1 aliphatic heterocycles. The van der Waals surface area contributed by atoms with Crippen LogP contribution >= 0.6 is 0 Å². The smallest absolute Gasteiger partial charge is 0.326 e. The Hall–Kier alpha value is -6.17. The molecule has 1 aliphatic rings. The summed E-state index contributed by atoms with van der Waals surface area (Å²) in [5.41, 5.74) is 0.497. The van der Waals surface area contributed by atoms with Gasteiger partial charge in [0.05, 0.1) is 18.0 Å². The minimum atomic E-state index is -1.51. The number of Topliss-reactive ketones (excluding diaryl/α,β-unsaturated/α-hetero) is 1. The Morgan fingerprint density at radius 3 is 2.06 bits per heavy atom. The van der Waals surface area contributed by atoms with Gasteiger partial charge in [0.2, 0.25) is 23.6 Å². The number of rotatable bonds is 24. The third-order valence-corrected chi connectivity index (χ3v) is 11.6. The maximum atomic E-state index is 14.4. The third kappa shape index (κ3) is 13.7. The SMILES string of the molecule is CN[C@H](C(=O)N[C@H](C(=O)N(C)[C@H](/C=C(\C)C(=O)N[C@H](CCC(=O)C[C@H](CCC(=O)NCCN1C(=O)C=CC1=O)C(=O)O)C(=O)O)C(C)C)C(C)(C)C)C(C)(C)c1c[nH]c2ccccc12. The molecule has 5 atom stereocenters. The summed E-state index contributed by atoms with van der Waals surface area (Å²) >= 11 is 0. The molecule has 0 spiro atoms. The van der Waals surface area contributed by atoms with Crippen LogP contribution in [0, 0.1) is 17.3 Å². The van der Waals surface area contributed by atoms with Crippen LogP contribution < -0.4 is 21.3 Å². The molecule has 2 aromatic rings. The Balaban J connectivity index is 1.64. The van der Waals surface area contributed by atoms with Crippen molar-refractivity contribution < 1.29 is 53.4 Å². The van der Waals surface area contributed by atoms with E-state index < -0.39 is 94.6 Å². The highest BCUT2D eigenvalue weighted by Crippen LogP contribution is 2.34. The third-order valence-electron chi connectivity index (χ3n) is 11.6. The van der Waals surface area contributed by atoms with Crippen molar-refractivity contribution in [3.63, 3.8) is 0 Å². The van der Waals surface area contributed by atoms with E-state index in [4.69, 9.17) is 0 Å². The fraction of sp³-hybridized carbons (Fsp3) is 0.543. The quantitative estimate of drug-likeness (QED) is 0.0593. The van der Waals surface area contributed by atoms with Crippen LogP contribution in [0.4, 0.5) is 0 Å². The van der Waals surface area contributed by atoms with E-state index in [0.29, 0.717) is 0 Å². The first kappa shape index (κ1) is 52.2. The largest absolute Gasteiger partial charge is 0.481 e. The molecule has 18 heteroatoms. The number of carboxylic acid groups (broad SMARTS) is 2. The van der Waals surface area contributed by atoms with E-state index in [1.807, 2.05) is 78.9 Å². The van der Waals surface area contributed by atoms with E-state index in [2.05, 4.69) is 26.3 Å². The number of benzene rings is 1. The molecule has 1 aromatic heterocycles. The average Bonchev–Trinajstić information content (AvgIpc) is 3.80. The number of carbonyl (C=O) groups is 9. The van der Waals surface area contributed by atoms with Gasteiger partial charge in [-0.15, -0.1) is 0 Å². The average molecular weight is 892 g/mol. The van der Waals surface area contributed by atoms with Crippen LogP contribution in [0.2, 0.25) is 0 Å². The van der Waals surface area contributed by atoms with Crippen molar-refractivity contribution in [2.75, 3.05) is 27.2 Å². The molecule has 0 radical (unpaired) electrons. The van der Waals surface area contributed by atoms with Crippen molar-refractivity contribution in [1.29, 1.82) is 0 Å². The number of H-pyrrole nitrogens is 1. The van der Waals surface area contributed by atoms with Crippen molar-refractivity contribution in [1.82, 2.24) is 36.1 Å². The topological polar surface area (TPSA) is 264 Å². The maximum Gasteiger partial charge on any atom is 0.326 e. The van der Waals surface area contributed by atoms with Crippen LogP contribution in [0.15, 0.2) is 54.3 Å². The summed E-state index contributed by atoms with van der Waals surface area (Å²) < 4.78 is 0. The molecule has 0 aliphatic carbocycles. The van der Waals surface area contributed by atoms with Crippen molar-refractivity contribution >= 4 is 64.1 Å². The highest BCUT2D eigenvalue weighted by Gasteiger charge is 2.42. The van der Waals surface area contributed by atoms with Crippen molar-refractivity contribution in [2.24, 2.45) is 17.3 Å². The summed E-state index contributed by atoms with van der Waals surface area (Å²) in [6.45, 7) is 14.5. The van der Waals surface area contributed by atoms with E-state index in [1.165, 1.54) is 11.8 Å². The van der Waals surface area contributed by atoms with Gasteiger partial charge in [-0.3, -0.25) is 43.3 Å². The lowest BCUT2D eigenvalue weighted by molar-refractivity contribution is -0.145. The van der Waals surface area contributed by atoms with Gasteiger partial charge in [-0.1, -0.05) is 72.7 Å². The first-order valence-corrected chi connectivity index (χ1v) is 21.4. The van der Waals surface area contributed by atoms with Crippen molar-refractivity contribution in [3.05, 3.63) is 59.8 Å². The van der Waals surface area contributed by atoms with Crippen LogP contribution in [-0.2, 0) is 48.6 Å². The van der Waals surface area contributed by atoms with E-state index in [9.17, 15) is 53.4 Å². The summed E-state index contributed by atoms with van der Waals surface area (Å²) in [5, 5.41) is 31.7. The fourth-order valence-electron chi connectivity index (χ4n) is 7.76. The number of hydrogen-bond acceptors (Lipinski definition) is 10. The minimum Gasteiger partial charge on any atom is -0.481 e. The number of ketones is 1. The molecule has 64 heavy (non-hydrogen) atoms. The predicted octanol–water partition coefficient (Wildman–Crippen LogP) is 2.82. The zero-order valence-corrected chi connectivity index (χ0v) is 38.5. The van der Waals surface area contributed by atoms with Crippen LogP contribution in [0.25, 0.3) is 10.9 Å². The second-order valence-corrected chi connectivity index (χ2v) is 18.3. The zero-order valence-electron chi connectivity index (χ0n) is 38.5. The van der Waals surface area contributed by atoms with Crippen LogP contribution in [0.3, 0.4) is 0 Å². The molecule has 18 nitrogen and oxygen atoms in total. The summed E-state index contributed by atoms with van der Waals surface area (Å²) in [4.78, 5) is 120. The van der Waals surface area contributed by atoms with Gasteiger partial charge in [-0.25, -0.2) is 4.79 Å². The van der Waals surface area contributed by atoms with Gasteiger partial charge in [0.15, 0.2) is 0 Å². The summed E-state index contributed by atoms with van der Waals surface area (Å²) in [5.74, 6) is -7.90. The highest BCUT2D eigenvalue weighted by molar-refractivity contribution is 6.12. The highest BCUT2D eigenvalue weighted by atomic mass is 16.4. The molecule has 0 fully saturated rings. The van der Waals surface area contributed by atoms with Gasteiger partial charge < -0.3 is 41.4 Å². The lowest BCUT2D eigenvalue weighted by Gasteiger charge is -2.39. The number of amides is 6. The summed E-state index contributed by atoms with van der Waals surface area (Å²) in [6.07, 6.45) is 4.02. The number of aromatic nitrogens is 1. The Kier molecular flexibility index (Phi) is 18.3. The number of nitrogens with zero attached hydrogens (tertiary/aromatic N) is 2. The Morgan fingerprint density at radius 1 is 0.875 bits per heavy atom. The molecule has 0 bridgehead atoms. The number of para-hydroxylation sites is 1. The molecule has 0 saturated carbocycles. The number of hydrogen-bond donors (Lipinski definition) is 7. The molecule has 0 saturated heterocycles. The molecular weight excluding hydrogens is 827 g/mol. The second-order valence-electron chi connectivity index (χ2n) is 18.3. The number of fused-ring (bicyclic) bond motifs is 1. The summed E-state index contributed by atoms with van der Waals surface area (Å²) in [6, 6.07) is 3.89. The van der Waals surface area contributed by atoms with Crippen LogP contribution in [-0.4, -0.2) is 130 Å². The molecule has 3 rings (SSSR count). The van der Waals surface area contributed by atoms with Crippen molar-refractivity contribution in [2.45, 2.75) is 117 Å². The molecular formula is C46H65N7O11. The molecule has 1 aromatic carbocycles.